The van der Waals surface area contributed by atoms with Gasteiger partial charge in [0, 0.05) is 13.8 Å². The van der Waals surface area contributed by atoms with E-state index in [0.29, 0.717) is 0 Å². The number of ketones is 1. The molecule has 0 bridgehead atoms. The van der Waals surface area contributed by atoms with Gasteiger partial charge in [-0.15, -0.1) is 5.01 Å². The zero-order chi connectivity index (χ0) is 19.3. The summed E-state index contributed by atoms with van der Waals surface area (Å²) < 4.78 is 16.3. The molecule has 0 saturated heterocycles. The van der Waals surface area contributed by atoms with Crippen LogP contribution >= 0.6 is 0 Å². The molecular weight excluding hydrogens is 348 g/mol. The van der Waals surface area contributed by atoms with Crippen LogP contribution in [0.4, 0.5) is 4.79 Å². The van der Waals surface area contributed by atoms with Crippen LogP contribution in [0.3, 0.4) is 0 Å². The Balaban J connectivity index is 1.68. The van der Waals surface area contributed by atoms with E-state index >= 15 is 0 Å². The summed E-state index contributed by atoms with van der Waals surface area (Å²) in [7, 11) is 0. The molecule has 0 radical (unpaired) electrons. The van der Waals surface area contributed by atoms with Gasteiger partial charge in [0.05, 0.1) is 0 Å². The molecule has 1 aliphatic heterocycles. The lowest BCUT2D eigenvalue weighted by molar-refractivity contribution is -0.144. The van der Waals surface area contributed by atoms with Crippen LogP contribution in [0.5, 0.6) is 0 Å². The summed E-state index contributed by atoms with van der Waals surface area (Å²) in [6, 6.07) is 18.6. The molecule has 1 amide bonds. The minimum absolute atomic E-state index is 0.0554. The highest BCUT2D eigenvalue weighted by Gasteiger charge is 2.50. The Kier molecular flexibility index (Phi) is 5.40. The number of rotatable bonds is 5. The number of Topliss-reactive ketones (excluding diaryl/α,β-unsaturated/α-hetero) is 1. The molecule has 0 saturated carbocycles. The van der Waals surface area contributed by atoms with Crippen molar-refractivity contribution < 1.29 is 23.8 Å². The first-order valence-electron chi connectivity index (χ1n) is 8.45. The number of ether oxygens (including phenoxy) is 3. The molecule has 7 heteroatoms. The molecule has 0 N–H and O–H groups in total. The molecule has 7 nitrogen and oxygen atoms in total. The monoisotopic (exact) mass is 368 g/mol. The fraction of sp³-hybridized carbons (Fsp3) is 0.250. The molecule has 0 aromatic heterocycles. The van der Waals surface area contributed by atoms with E-state index in [0.717, 1.165) is 16.1 Å². The maximum absolute atomic E-state index is 12.5. The Bertz CT molecular complexity index is 838. The van der Waals surface area contributed by atoms with E-state index in [9.17, 15) is 9.59 Å². The first-order chi connectivity index (χ1) is 13.0. The lowest BCUT2D eigenvalue weighted by Crippen LogP contribution is -2.50. The largest absolute Gasteiger partial charge is 0.444 e. The van der Waals surface area contributed by atoms with Gasteiger partial charge in [-0.2, -0.15) is 0 Å². The van der Waals surface area contributed by atoms with Gasteiger partial charge in [-0.1, -0.05) is 65.8 Å². The van der Waals surface area contributed by atoms with E-state index in [1.165, 1.54) is 13.8 Å². The van der Waals surface area contributed by atoms with Crippen molar-refractivity contribution in [2.24, 2.45) is 5.10 Å². The normalized spacial score (nSPS) is 18.4. The topological polar surface area (TPSA) is 77.4 Å². The second kappa shape index (κ2) is 7.90. The minimum atomic E-state index is -1.61. The zero-order valence-electron chi connectivity index (χ0n) is 15.1. The summed E-state index contributed by atoms with van der Waals surface area (Å²) in [6.45, 7) is 3.01. The van der Waals surface area contributed by atoms with Gasteiger partial charge < -0.3 is 14.2 Å². The van der Waals surface area contributed by atoms with Crippen LogP contribution in [0.25, 0.3) is 0 Å². The molecule has 1 unspecified atom stereocenters. The number of hydrogen-bond acceptors (Lipinski definition) is 6. The third kappa shape index (κ3) is 4.25. The lowest BCUT2D eigenvalue weighted by Gasteiger charge is -2.27. The SMILES string of the molecule is CC(=O)C1(C)OC(OCc2ccccc2)=NN1C(=O)OCc1ccccc1. The van der Waals surface area contributed by atoms with Crippen molar-refractivity contribution in [2.45, 2.75) is 32.8 Å². The average Bonchev–Trinajstić information content (AvgIpc) is 3.04. The molecule has 0 spiro atoms. The van der Waals surface area contributed by atoms with Gasteiger partial charge >= 0.3 is 12.2 Å². The number of hydrogen-bond donors (Lipinski definition) is 0. The van der Waals surface area contributed by atoms with E-state index in [1.807, 2.05) is 60.7 Å². The van der Waals surface area contributed by atoms with Crippen LogP contribution < -0.4 is 0 Å². The number of nitrogens with zero attached hydrogens (tertiary/aromatic N) is 2. The molecular formula is C20H20N2O5. The van der Waals surface area contributed by atoms with Crippen molar-refractivity contribution >= 4 is 18.0 Å². The molecule has 140 valence electrons. The third-order valence-electron chi connectivity index (χ3n) is 4.11. The highest BCUT2D eigenvalue weighted by Crippen LogP contribution is 2.27. The van der Waals surface area contributed by atoms with Gasteiger partial charge in [0.15, 0.2) is 5.78 Å². The van der Waals surface area contributed by atoms with E-state index in [2.05, 4.69) is 5.10 Å². The fourth-order valence-corrected chi connectivity index (χ4v) is 2.40. The summed E-state index contributed by atoms with van der Waals surface area (Å²) in [5, 5.41) is 4.87. The first-order valence-corrected chi connectivity index (χ1v) is 8.45. The molecule has 1 atom stereocenters. The van der Waals surface area contributed by atoms with Crippen LogP contribution in [0.2, 0.25) is 0 Å². The minimum Gasteiger partial charge on any atom is -0.444 e. The Morgan fingerprint density at radius 1 is 1.00 bits per heavy atom. The van der Waals surface area contributed by atoms with Crippen molar-refractivity contribution in [2.75, 3.05) is 0 Å². The van der Waals surface area contributed by atoms with Gasteiger partial charge in [-0.25, -0.2) is 4.79 Å². The van der Waals surface area contributed by atoms with Gasteiger partial charge in [0.2, 0.25) is 0 Å². The molecule has 1 heterocycles. The third-order valence-corrected chi connectivity index (χ3v) is 4.11. The molecule has 0 fully saturated rings. The number of hydrazone groups is 1. The number of benzene rings is 2. The standard InChI is InChI=1S/C20H20N2O5/c1-15(23)20(2)22(19(24)26-14-17-11-7-4-8-12-17)21-18(27-20)25-13-16-9-5-3-6-10-16/h3-12H,13-14H2,1-2H3. The molecule has 0 aliphatic carbocycles. The molecule has 2 aromatic carbocycles. The number of carbonyl (C=O) groups excluding carboxylic acids is 2. The van der Waals surface area contributed by atoms with Gasteiger partial charge in [-0.05, 0) is 11.1 Å². The predicted octanol–water partition coefficient (Wildman–Crippen LogP) is 3.45. The maximum Gasteiger partial charge on any atom is 0.434 e. The highest BCUT2D eigenvalue weighted by atomic mass is 16.7. The van der Waals surface area contributed by atoms with Crippen LogP contribution in [-0.2, 0) is 32.2 Å². The van der Waals surface area contributed by atoms with Crippen molar-refractivity contribution in [1.82, 2.24) is 5.01 Å². The van der Waals surface area contributed by atoms with Crippen molar-refractivity contribution in [1.29, 1.82) is 0 Å². The summed E-state index contributed by atoms with van der Waals surface area (Å²) >= 11 is 0. The van der Waals surface area contributed by atoms with Crippen LogP contribution in [0, 0.1) is 0 Å². The molecule has 2 aromatic rings. The molecule has 1 aliphatic rings. The Hall–Kier alpha value is -3.35. The molecule has 3 rings (SSSR count). The summed E-state index contributed by atoms with van der Waals surface area (Å²) in [5.74, 6) is -0.402. The first kappa shape index (κ1) is 18.4. The van der Waals surface area contributed by atoms with Gasteiger partial charge in [0.25, 0.3) is 5.72 Å². The summed E-state index contributed by atoms with van der Waals surface area (Å²) in [4.78, 5) is 24.5. The predicted molar refractivity (Wildman–Crippen MR) is 97.3 cm³/mol. The van der Waals surface area contributed by atoms with Crippen molar-refractivity contribution in [3.63, 3.8) is 0 Å². The second-order valence-corrected chi connectivity index (χ2v) is 6.13. The van der Waals surface area contributed by atoms with E-state index in [4.69, 9.17) is 14.2 Å². The maximum atomic E-state index is 12.5. The van der Waals surface area contributed by atoms with E-state index < -0.39 is 17.6 Å². The fourth-order valence-electron chi connectivity index (χ4n) is 2.40. The van der Waals surface area contributed by atoms with Crippen molar-refractivity contribution in [3.05, 3.63) is 71.8 Å². The summed E-state index contributed by atoms with van der Waals surface area (Å²) in [5.41, 5.74) is 0.109. The van der Waals surface area contributed by atoms with Crippen molar-refractivity contribution in [3.8, 4) is 0 Å². The number of amides is 1. The van der Waals surface area contributed by atoms with Crippen LogP contribution in [0.15, 0.2) is 65.8 Å². The average molecular weight is 368 g/mol. The van der Waals surface area contributed by atoms with Crippen LogP contribution in [-0.4, -0.2) is 28.7 Å². The van der Waals surface area contributed by atoms with Gasteiger partial charge in [-0.3, -0.25) is 4.79 Å². The smallest absolute Gasteiger partial charge is 0.434 e. The number of carbonyl (C=O) groups is 2. The lowest BCUT2D eigenvalue weighted by atomic mass is 10.1. The van der Waals surface area contributed by atoms with E-state index in [1.54, 1.807) is 0 Å². The quantitative estimate of drug-likeness (QED) is 0.808. The van der Waals surface area contributed by atoms with E-state index in [-0.39, 0.29) is 19.3 Å². The highest BCUT2D eigenvalue weighted by molar-refractivity contribution is 5.92. The Labute approximate surface area is 157 Å². The van der Waals surface area contributed by atoms with Gasteiger partial charge in [0.1, 0.15) is 13.2 Å². The molecule has 27 heavy (non-hydrogen) atoms. The zero-order valence-corrected chi connectivity index (χ0v) is 15.1. The Morgan fingerprint density at radius 3 is 2.11 bits per heavy atom. The second-order valence-electron chi connectivity index (χ2n) is 6.13. The van der Waals surface area contributed by atoms with Crippen LogP contribution in [0.1, 0.15) is 25.0 Å². The Morgan fingerprint density at radius 2 is 1.56 bits per heavy atom. The summed E-state index contributed by atoms with van der Waals surface area (Å²) in [6.07, 6.45) is -0.955.